The molecule has 0 amide bonds. The van der Waals surface area contributed by atoms with Gasteiger partial charge in [-0.3, -0.25) is 4.79 Å². The van der Waals surface area contributed by atoms with Crippen LogP contribution in [0.15, 0.2) is 0 Å². The van der Waals surface area contributed by atoms with Crippen molar-refractivity contribution >= 4 is 28.6 Å². The first kappa shape index (κ1) is 9.25. The van der Waals surface area contributed by atoms with Gasteiger partial charge in [-0.2, -0.15) is 0 Å². The van der Waals surface area contributed by atoms with Crippen LogP contribution < -0.4 is 0 Å². The van der Waals surface area contributed by atoms with Crippen molar-refractivity contribution in [1.82, 2.24) is 0 Å². The lowest BCUT2D eigenvalue weighted by molar-refractivity contribution is -0.183. The number of hydrogen-bond acceptors (Lipinski definition) is 3. The standard InChI is InChI=1S/C7H11IO3/c1-5(9)11-7-3-2-6(8)4-10-7/h6-7H,2-4H2,1H3. The quantitative estimate of drug-likeness (QED) is 0.411. The summed E-state index contributed by atoms with van der Waals surface area (Å²) in [5.41, 5.74) is 0. The molecular formula is C7H11IO3. The SMILES string of the molecule is CC(=O)OC1CCC(I)CO1. The van der Waals surface area contributed by atoms with Gasteiger partial charge in [0.05, 0.1) is 6.61 Å². The molecule has 2 unspecified atom stereocenters. The molecule has 3 nitrogen and oxygen atoms in total. The number of esters is 1. The molecule has 2 atom stereocenters. The number of carbonyl (C=O) groups is 1. The van der Waals surface area contributed by atoms with E-state index in [9.17, 15) is 4.79 Å². The van der Waals surface area contributed by atoms with Gasteiger partial charge in [0.1, 0.15) is 0 Å². The molecule has 0 saturated carbocycles. The Balaban J connectivity index is 2.22. The normalized spacial score (nSPS) is 31.5. The van der Waals surface area contributed by atoms with Gasteiger partial charge >= 0.3 is 5.97 Å². The molecule has 1 aliphatic rings. The highest BCUT2D eigenvalue weighted by molar-refractivity contribution is 14.1. The van der Waals surface area contributed by atoms with E-state index >= 15 is 0 Å². The third-order valence-electron chi connectivity index (χ3n) is 1.48. The molecule has 0 radical (unpaired) electrons. The van der Waals surface area contributed by atoms with Crippen molar-refractivity contribution in [3.63, 3.8) is 0 Å². The Hall–Kier alpha value is 0.160. The van der Waals surface area contributed by atoms with Gasteiger partial charge in [0, 0.05) is 17.3 Å². The Bertz CT molecular complexity index is 141. The second-order valence-electron chi connectivity index (χ2n) is 2.55. The highest BCUT2D eigenvalue weighted by Gasteiger charge is 2.21. The van der Waals surface area contributed by atoms with Crippen molar-refractivity contribution in [3.8, 4) is 0 Å². The molecule has 0 N–H and O–H groups in total. The zero-order valence-corrected chi connectivity index (χ0v) is 8.54. The van der Waals surface area contributed by atoms with E-state index < -0.39 is 0 Å². The van der Waals surface area contributed by atoms with Crippen molar-refractivity contribution < 1.29 is 14.3 Å². The molecule has 0 aromatic heterocycles. The van der Waals surface area contributed by atoms with E-state index in [4.69, 9.17) is 9.47 Å². The van der Waals surface area contributed by atoms with Gasteiger partial charge in [0.2, 0.25) is 6.29 Å². The predicted molar refractivity (Wildman–Crippen MR) is 48.5 cm³/mol. The monoisotopic (exact) mass is 270 g/mol. The summed E-state index contributed by atoms with van der Waals surface area (Å²) in [6.07, 6.45) is 1.60. The number of rotatable bonds is 1. The number of alkyl halides is 1. The molecule has 0 aromatic rings. The van der Waals surface area contributed by atoms with Crippen LogP contribution in [-0.2, 0) is 14.3 Å². The minimum Gasteiger partial charge on any atom is -0.436 e. The summed E-state index contributed by atoms with van der Waals surface area (Å²) in [5, 5.41) is 0. The molecule has 1 heterocycles. The predicted octanol–water partition coefficient (Wildman–Crippen LogP) is 1.49. The Labute approximate surface area is 79.6 Å². The summed E-state index contributed by atoms with van der Waals surface area (Å²) < 4.78 is 10.7. The average Bonchev–Trinajstić information content (AvgIpc) is 1.93. The Morgan fingerprint density at radius 1 is 1.64 bits per heavy atom. The molecular weight excluding hydrogens is 259 g/mol. The van der Waals surface area contributed by atoms with Crippen LogP contribution in [0.25, 0.3) is 0 Å². The molecule has 0 aliphatic carbocycles. The lowest BCUT2D eigenvalue weighted by Gasteiger charge is -2.24. The van der Waals surface area contributed by atoms with Crippen molar-refractivity contribution in [3.05, 3.63) is 0 Å². The maximum Gasteiger partial charge on any atom is 0.304 e. The molecule has 0 spiro atoms. The fourth-order valence-corrected chi connectivity index (χ4v) is 1.54. The van der Waals surface area contributed by atoms with Gasteiger partial charge in [0.15, 0.2) is 0 Å². The van der Waals surface area contributed by atoms with Gasteiger partial charge < -0.3 is 9.47 Å². The highest BCUT2D eigenvalue weighted by Crippen LogP contribution is 2.20. The largest absolute Gasteiger partial charge is 0.436 e. The lowest BCUT2D eigenvalue weighted by atomic mass is 10.2. The topological polar surface area (TPSA) is 35.5 Å². The van der Waals surface area contributed by atoms with Gasteiger partial charge in [-0.1, -0.05) is 22.6 Å². The van der Waals surface area contributed by atoms with E-state index in [1.807, 2.05) is 0 Å². The highest BCUT2D eigenvalue weighted by atomic mass is 127. The maximum absolute atomic E-state index is 10.5. The first-order valence-corrected chi connectivity index (χ1v) is 4.86. The van der Waals surface area contributed by atoms with E-state index in [1.54, 1.807) is 0 Å². The Kier molecular flexibility index (Phi) is 3.58. The summed E-state index contributed by atoms with van der Waals surface area (Å²) >= 11 is 2.33. The van der Waals surface area contributed by atoms with Crippen LogP contribution in [-0.4, -0.2) is 22.8 Å². The summed E-state index contributed by atoms with van der Waals surface area (Å²) in [6.45, 7) is 2.10. The number of ether oxygens (including phenoxy) is 2. The van der Waals surface area contributed by atoms with Crippen molar-refractivity contribution in [2.45, 2.75) is 30.0 Å². The number of hydrogen-bond donors (Lipinski definition) is 0. The Morgan fingerprint density at radius 2 is 2.36 bits per heavy atom. The van der Waals surface area contributed by atoms with Gasteiger partial charge in [-0.15, -0.1) is 0 Å². The van der Waals surface area contributed by atoms with Crippen LogP contribution in [0.2, 0.25) is 0 Å². The summed E-state index contributed by atoms with van der Waals surface area (Å²) in [6, 6.07) is 0. The second kappa shape index (κ2) is 4.25. The molecule has 4 heteroatoms. The van der Waals surface area contributed by atoms with Crippen molar-refractivity contribution in [2.75, 3.05) is 6.61 Å². The smallest absolute Gasteiger partial charge is 0.304 e. The Morgan fingerprint density at radius 3 is 2.82 bits per heavy atom. The first-order chi connectivity index (χ1) is 5.18. The van der Waals surface area contributed by atoms with Crippen LogP contribution in [0.3, 0.4) is 0 Å². The second-order valence-corrected chi connectivity index (χ2v) is 4.31. The van der Waals surface area contributed by atoms with Crippen LogP contribution in [0, 0.1) is 0 Å². The number of carbonyl (C=O) groups excluding carboxylic acids is 1. The third-order valence-corrected chi connectivity index (χ3v) is 2.46. The summed E-state index contributed by atoms with van der Waals surface area (Å²) in [5.74, 6) is -0.262. The van der Waals surface area contributed by atoms with Gasteiger partial charge in [0.25, 0.3) is 0 Å². The number of halogens is 1. The van der Waals surface area contributed by atoms with Crippen LogP contribution in [0.4, 0.5) is 0 Å². The first-order valence-electron chi connectivity index (χ1n) is 3.61. The van der Waals surface area contributed by atoms with Crippen LogP contribution >= 0.6 is 22.6 Å². The maximum atomic E-state index is 10.5. The van der Waals surface area contributed by atoms with Gasteiger partial charge in [-0.25, -0.2) is 0 Å². The molecule has 64 valence electrons. The molecule has 11 heavy (non-hydrogen) atoms. The zero-order chi connectivity index (χ0) is 8.27. The average molecular weight is 270 g/mol. The molecule has 1 aliphatic heterocycles. The third kappa shape index (κ3) is 3.37. The van der Waals surface area contributed by atoms with Crippen molar-refractivity contribution in [1.29, 1.82) is 0 Å². The fraction of sp³-hybridized carbons (Fsp3) is 0.857. The van der Waals surface area contributed by atoms with E-state index in [0.29, 0.717) is 10.5 Å². The minimum absolute atomic E-state index is 0.262. The van der Waals surface area contributed by atoms with Crippen LogP contribution in [0.5, 0.6) is 0 Å². The van der Waals surface area contributed by atoms with Crippen molar-refractivity contribution in [2.24, 2.45) is 0 Å². The van der Waals surface area contributed by atoms with Crippen LogP contribution in [0.1, 0.15) is 19.8 Å². The van der Waals surface area contributed by atoms with E-state index in [-0.39, 0.29) is 12.3 Å². The molecule has 1 rings (SSSR count). The zero-order valence-electron chi connectivity index (χ0n) is 6.38. The van der Waals surface area contributed by atoms with E-state index in [0.717, 1.165) is 12.8 Å². The summed E-state index contributed by atoms with van der Waals surface area (Å²) in [4.78, 5) is 10.5. The van der Waals surface area contributed by atoms with E-state index in [1.165, 1.54) is 6.92 Å². The summed E-state index contributed by atoms with van der Waals surface area (Å²) in [7, 11) is 0. The lowest BCUT2D eigenvalue weighted by Crippen LogP contribution is -2.29. The molecule has 1 fully saturated rings. The fourth-order valence-electron chi connectivity index (χ4n) is 0.973. The minimum atomic E-state index is -0.293. The molecule has 1 saturated heterocycles. The molecule has 0 bridgehead atoms. The van der Waals surface area contributed by atoms with Gasteiger partial charge in [-0.05, 0) is 6.42 Å². The van der Waals surface area contributed by atoms with E-state index in [2.05, 4.69) is 22.6 Å². The molecule has 0 aromatic carbocycles.